The maximum atomic E-state index is 12.6. The summed E-state index contributed by atoms with van der Waals surface area (Å²) in [7, 11) is 0. The van der Waals surface area contributed by atoms with Crippen molar-refractivity contribution in [2.45, 2.75) is 69.7 Å². The number of carbonyl (C=O) groups excluding carboxylic acids is 1. The Labute approximate surface area is 141 Å². The fraction of sp³-hybridized carbons (Fsp3) is 0.842. The van der Waals surface area contributed by atoms with Crippen LogP contribution in [0.4, 0.5) is 0 Å². The van der Waals surface area contributed by atoms with Crippen molar-refractivity contribution in [3.8, 4) is 0 Å². The molecule has 7 atom stereocenters. The Bertz CT molecular complexity index is 542. The normalized spacial score (nSPS) is 54.3. The zero-order valence-electron chi connectivity index (χ0n) is 13.6. The molecule has 0 radical (unpaired) electrons. The number of hydrogen-bond donors (Lipinski definition) is 1. The number of allylic oxidation sites excluding steroid dienone is 1. The van der Waals surface area contributed by atoms with Crippen molar-refractivity contribution in [2.24, 2.45) is 28.6 Å². The Hall–Kier alpha value is -0.150. The molecule has 0 bridgehead atoms. The molecule has 0 aromatic carbocycles. The molecule has 0 heterocycles. The van der Waals surface area contributed by atoms with Crippen molar-refractivity contribution in [3.05, 3.63) is 11.6 Å². The molecule has 3 fully saturated rings. The van der Waals surface area contributed by atoms with E-state index in [2.05, 4.69) is 35.9 Å². The summed E-state index contributed by atoms with van der Waals surface area (Å²) < 4.78 is 0. The minimum absolute atomic E-state index is 0.0765. The van der Waals surface area contributed by atoms with E-state index < -0.39 is 0 Å². The Balaban J connectivity index is 1.70. The first-order valence-electron chi connectivity index (χ1n) is 8.92. The third kappa shape index (κ3) is 1.90. The van der Waals surface area contributed by atoms with Gasteiger partial charge in [-0.1, -0.05) is 41.4 Å². The van der Waals surface area contributed by atoms with E-state index in [0.717, 1.165) is 38.5 Å². The van der Waals surface area contributed by atoms with E-state index in [1.54, 1.807) is 0 Å². The number of aliphatic hydroxyl groups excluding tert-OH is 1. The fourth-order valence-corrected chi connectivity index (χ4v) is 7.32. The molecule has 4 aliphatic rings. The summed E-state index contributed by atoms with van der Waals surface area (Å²) in [4.78, 5) is 12.7. The topological polar surface area (TPSA) is 37.3 Å². The van der Waals surface area contributed by atoms with Crippen LogP contribution in [0.15, 0.2) is 11.6 Å². The predicted molar refractivity (Wildman–Crippen MR) is 90.8 cm³/mol. The van der Waals surface area contributed by atoms with Gasteiger partial charge in [-0.15, -0.1) is 0 Å². The first-order valence-corrected chi connectivity index (χ1v) is 9.84. The van der Waals surface area contributed by atoms with E-state index in [4.69, 9.17) is 0 Å². The fourth-order valence-electron chi connectivity index (χ4n) is 6.39. The molecule has 0 saturated heterocycles. The standard InChI is InChI=1S/C19H27BrO2/c1-18-7-5-12(21)9-11(18)3-4-13-14(18)6-8-19(2)15(13)10-16(20)17(19)22/h3,12-16,21H,4-10H2,1-2H3/t12-,13-,14+,15-,16+,18-,19-/m0/s1. The van der Waals surface area contributed by atoms with E-state index >= 15 is 0 Å². The average Bonchev–Trinajstić information content (AvgIpc) is 2.72. The summed E-state index contributed by atoms with van der Waals surface area (Å²) in [6, 6.07) is 0. The van der Waals surface area contributed by atoms with Crippen molar-refractivity contribution in [2.75, 3.05) is 0 Å². The summed E-state index contributed by atoms with van der Waals surface area (Å²) in [5.74, 6) is 2.37. The van der Waals surface area contributed by atoms with Crippen LogP contribution in [0.5, 0.6) is 0 Å². The van der Waals surface area contributed by atoms with Crippen LogP contribution in [0, 0.1) is 28.6 Å². The number of halogens is 1. The second kappa shape index (κ2) is 4.92. The van der Waals surface area contributed by atoms with Gasteiger partial charge in [-0.25, -0.2) is 0 Å². The van der Waals surface area contributed by atoms with Gasteiger partial charge in [0.25, 0.3) is 0 Å². The van der Waals surface area contributed by atoms with Crippen LogP contribution in [0.25, 0.3) is 0 Å². The van der Waals surface area contributed by atoms with E-state index in [0.29, 0.717) is 23.5 Å². The predicted octanol–water partition coefficient (Wildman–Crippen LogP) is 4.25. The van der Waals surface area contributed by atoms with E-state index in [1.165, 1.54) is 12.0 Å². The quantitative estimate of drug-likeness (QED) is 0.513. The lowest BCUT2D eigenvalue weighted by Gasteiger charge is -2.56. The van der Waals surface area contributed by atoms with E-state index in [-0.39, 0.29) is 21.8 Å². The Morgan fingerprint density at radius 3 is 2.68 bits per heavy atom. The molecule has 3 saturated carbocycles. The molecule has 122 valence electrons. The number of hydrogen-bond acceptors (Lipinski definition) is 2. The maximum Gasteiger partial charge on any atom is 0.152 e. The maximum absolute atomic E-state index is 12.6. The molecule has 0 unspecified atom stereocenters. The van der Waals surface area contributed by atoms with Crippen molar-refractivity contribution in [1.29, 1.82) is 0 Å². The molecule has 0 aromatic heterocycles. The van der Waals surface area contributed by atoms with Gasteiger partial charge >= 0.3 is 0 Å². The van der Waals surface area contributed by atoms with Crippen LogP contribution in [-0.2, 0) is 4.79 Å². The number of Topliss-reactive ketones (excluding diaryl/α,β-unsaturated/α-hetero) is 1. The van der Waals surface area contributed by atoms with Gasteiger partial charge in [-0.05, 0) is 68.1 Å². The number of aliphatic hydroxyl groups is 1. The smallest absolute Gasteiger partial charge is 0.152 e. The minimum atomic E-state index is -0.135. The first-order chi connectivity index (χ1) is 10.4. The van der Waals surface area contributed by atoms with Gasteiger partial charge in [0.1, 0.15) is 0 Å². The molecule has 2 nitrogen and oxygen atoms in total. The summed E-state index contributed by atoms with van der Waals surface area (Å²) in [6.07, 6.45) is 9.63. The first kappa shape index (κ1) is 15.4. The molecule has 0 spiro atoms. The number of fused-ring (bicyclic) bond motifs is 5. The highest BCUT2D eigenvalue weighted by atomic mass is 79.9. The Morgan fingerprint density at radius 1 is 1.18 bits per heavy atom. The van der Waals surface area contributed by atoms with E-state index in [1.807, 2.05) is 0 Å². The van der Waals surface area contributed by atoms with Gasteiger partial charge in [0.15, 0.2) is 5.78 Å². The highest BCUT2D eigenvalue weighted by Crippen LogP contribution is 2.64. The number of rotatable bonds is 0. The van der Waals surface area contributed by atoms with Crippen LogP contribution < -0.4 is 0 Å². The van der Waals surface area contributed by atoms with Crippen LogP contribution >= 0.6 is 15.9 Å². The van der Waals surface area contributed by atoms with Crippen molar-refractivity contribution in [1.82, 2.24) is 0 Å². The highest BCUT2D eigenvalue weighted by Gasteiger charge is 2.60. The van der Waals surface area contributed by atoms with Crippen molar-refractivity contribution < 1.29 is 9.90 Å². The molecule has 0 aromatic rings. The van der Waals surface area contributed by atoms with Crippen LogP contribution in [-0.4, -0.2) is 21.8 Å². The van der Waals surface area contributed by atoms with Crippen LogP contribution in [0.3, 0.4) is 0 Å². The zero-order valence-corrected chi connectivity index (χ0v) is 15.2. The van der Waals surface area contributed by atoms with Gasteiger partial charge in [0.05, 0.1) is 10.9 Å². The van der Waals surface area contributed by atoms with Gasteiger partial charge in [0.2, 0.25) is 0 Å². The van der Waals surface area contributed by atoms with Crippen LogP contribution in [0.1, 0.15) is 58.8 Å². The van der Waals surface area contributed by atoms with Gasteiger partial charge in [0, 0.05) is 5.41 Å². The number of carbonyl (C=O) groups is 1. The lowest BCUT2D eigenvalue weighted by molar-refractivity contribution is -0.131. The zero-order chi connectivity index (χ0) is 15.7. The number of alkyl halides is 1. The SMILES string of the molecule is C[C@]12CC[C@H](O)CC1=CC[C@H]1[C@H]2CC[C@]2(C)C(=O)[C@H](Br)C[C@@H]12. The lowest BCUT2D eigenvalue weighted by atomic mass is 9.48. The Morgan fingerprint density at radius 2 is 1.91 bits per heavy atom. The van der Waals surface area contributed by atoms with Crippen LogP contribution in [0.2, 0.25) is 0 Å². The third-order valence-electron chi connectivity index (χ3n) is 7.78. The molecular formula is C19H27BrO2. The Kier molecular flexibility index (Phi) is 3.44. The molecule has 22 heavy (non-hydrogen) atoms. The summed E-state index contributed by atoms with van der Waals surface area (Å²) in [5.41, 5.74) is 1.69. The third-order valence-corrected chi connectivity index (χ3v) is 8.57. The van der Waals surface area contributed by atoms with Crippen molar-refractivity contribution >= 4 is 21.7 Å². The highest BCUT2D eigenvalue weighted by molar-refractivity contribution is 9.10. The van der Waals surface area contributed by atoms with Gasteiger partial charge < -0.3 is 5.11 Å². The largest absolute Gasteiger partial charge is 0.393 e. The lowest BCUT2D eigenvalue weighted by Crippen LogP contribution is -2.50. The molecule has 1 N–H and O–H groups in total. The molecular weight excluding hydrogens is 340 g/mol. The molecule has 0 aliphatic heterocycles. The van der Waals surface area contributed by atoms with E-state index in [9.17, 15) is 9.90 Å². The second-order valence-corrected chi connectivity index (χ2v) is 9.78. The molecule has 4 aliphatic carbocycles. The van der Waals surface area contributed by atoms with Gasteiger partial charge in [-0.3, -0.25) is 4.79 Å². The summed E-state index contributed by atoms with van der Waals surface area (Å²) in [6.45, 7) is 4.66. The van der Waals surface area contributed by atoms with Gasteiger partial charge in [-0.2, -0.15) is 0 Å². The second-order valence-electron chi connectivity index (χ2n) is 8.68. The molecule has 4 rings (SSSR count). The molecule has 3 heteroatoms. The summed E-state index contributed by atoms with van der Waals surface area (Å²) in [5, 5.41) is 10.0. The number of ketones is 1. The average molecular weight is 367 g/mol. The molecule has 0 amide bonds. The van der Waals surface area contributed by atoms with Crippen molar-refractivity contribution in [3.63, 3.8) is 0 Å². The monoisotopic (exact) mass is 366 g/mol. The minimum Gasteiger partial charge on any atom is -0.393 e. The summed E-state index contributed by atoms with van der Waals surface area (Å²) >= 11 is 3.64.